The lowest BCUT2D eigenvalue weighted by molar-refractivity contribution is 0.0969. The molecule has 1 aliphatic heterocycles. The van der Waals surface area contributed by atoms with Crippen LogP contribution in [0, 0.1) is 14.9 Å². The predicted molar refractivity (Wildman–Crippen MR) is 97.5 cm³/mol. The van der Waals surface area contributed by atoms with E-state index in [1.165, 1.54) is 0 Å². The van der Waals surface area contributed by atoms with E-state index in [0.29, 0.717) is 17.1 Å². The van der Waals surface area contributed by atoms with Crippen LogP contribution in [0.3, 0.4) is 0 Å². The van der Waals surface area contributed by atoms with Crippen LogP contribution in [0.4, 0.5) is 0 Å². The molecule has 0 radical (unpaired) electrons. The van der Waals surface area contributed by atoms with Crippen molar-refractivity contribution >= 4 is 45.8 Å². The first kappa shape index (κ1) is 17.1. The maximum Gasteiger partial charge on any atom is 0.258 e. The van der Waals surface area contributed by atoms with Gasteiger partial charge >= 0.3 is 0 Å². The number of amides is 1. The van der Waals surface area contributed by atoms with Crippen molar-refractivity contribution in [2.75, 3.05) is 32.7 Å². The lowest BCUT2D eigenvalue weighted by Gasteiger charge is -2.35. The average molecular weight is 428 g/mol. The van der Waals surface area contributed by atoms with Crippen LogP contribution in [0.1, 0.15) is 16.8 Å². The molecule has 0 spiro atoms. The summed E-state index contributed by atoms with van der Waals surface area (Å²) in [7, 11) is 0. The van der Waals surface area contributed by atoms with Crippen LogP contribution in [-0.2, 0) is 0 Å². The third-order valence-electron chi connectivity index (χ3n) is 3.54. The minimum atomic E-state index is -0.165. The topological polar surface area (TPSA) is 59.4 Å². The normalized spacial score (nSPS) is 15.2. The fourth-order valence-corrected chi connectivity index (χ4v) is 3.18. The Hall–Kier alpha value is -1.24. The molecule has 1 heterocycles. The summed E-state index contributed by atoms with van der Waals surface area (Å²) in [4.78, 5) is 16.5. The van der Waals surface area contributed by atoms with Gasteiger partial charge in [0, 0.05) is 42.7 Å². The summed E-state index contributed by atoms with van der Waals surface area (Å²) >= 11 is 7.48. The van der Waals surface area contributed by atoms with Gasteiger partial charge in [-0.15, -0.1) is 0 Å². The molecule has 0 unspecified atom stereocenters. The zero-order chi connectivity index (χ0) is 15.9. The molecule has 1 N–H and O–H groups in total. The van der Waals surface area contributed by atoms with Gasteiger partial charge in [-0.3, -0.25) is 15.0 Å². The first-order chi connectivity index (χ1) is 10.6. The van der Waals surface area contributed by atoms with Crippen LogP contribution in [0.25, 0.3) is 0 Å². The van der Waals surface area contributed by atoms with Crippen LogP contribution >= 0.6 is 34.8 Å². The Morgan fingerprint density at radius 1 is 1.32 bits per heavy atom. The Balaban J connectivity index is 1.85. The molecule has 2 rings (SSSR count). The highest BCUT2D eigenvalue weighted by molar-refractivity contribution is 14.1. The lowest BCUT2D eigenvalue weighted by atomic mass is 10.2. The van der Waals surface area contributed by atoms with E-state index in [0.717, 1.165) is 36.3 Å². The van der Waals surface area contributed by atoms with E-state index in [2.05, 4.69) is 38.9 Å². The number of rotatable bonds is 3. The zero-order valence-electron chi connectivity index (χ0n) is 12.1. The van der Waals surface area contributed by atoms with E-state index in [1.54, 1.807) is 6.07 Å². The number of hydrogen-bond donors (Lipinski definition) is 1. The molecule has 0 saturated carbocycles. The fraction of sp³-hybridized carbons (Fsp3) is 0.400. The number of nitrogens with zero attached hydrogens (tertiary/aromatic N) is 3. The molecule has 22 heavy (non-hydrogen) atoms. The molecule has 1 fully saturated rings. The molecule has 7 heteroatoms. The summed E-state index contributed by atoms with van der Waals surface area (Å²) in [6.45, 7) is 4.07. The van der Waals surface area contributed by atoms with E-state index < -0.39 is 0 Å². The molecule has 1 aromatic rings. The minimum absolute atomic E-state index is 0.165. The Morgan fingerprint density at radius 2 is 2.00 bits per heavy atom. The second kappa shape index (κ2) is 8.41. The van der Waals surface area contributed by atoms with Gasteiger partial charge < -0.3 is 4.90 Å². The monoisotopic (exact) mass is 428 g/mol. The third kappa shape index (κ3) is 4.63. The highest BCUT2D eigenvalue weighted by Crippen LogP contribution is 2.11. The highest BCUT2D eigenvalue weighted by Gasteiger charge is 2.20. The number of carbonyl (C=O) groups excluding carboxylic acids is 1. The van der Waals surface area contributed by atoms with E-state index in [9.17, 15) is 4.79 Å². The number of benzene rings is 1. The maximum atomic E-state index is 12.2. The van der Waals surface area contributed by atoms with Crippen molar-refractivity contribution in [3.8, 4) is 6.07 Å². The molecule has 5 nitrogen and oxygen atoms in total. The van der Waals surface area contributed by atoms with Crippen LogP contribution in [0.15, 0.2) is 24.3 Å². The van der Waals surface area contributed by atoms with Crippen molar-refractivity contribution in [2.45, 2.75) is 6.42 Å². The van der Waals surface area contributed by atoms with Gasteiger partial charge in [0.1, 0.15) is 0 Å². The van der Waals surface area contributed by atoms with E-state index in [1.807, 2.05) is 23.1 Å². The second-order valence-electron chi connectivity index (χ2n) is 4.98. The summed E-state index contributed by atoms with van der Waals surface area (Å²) in [6.07, 6.45) is 0.549. The van der Waals surface area contributed by atoms with E-state index in [-0.39, 0.29) is 5.91 Å². The standard InChI is InChI=1S/C15H17IN4OS/c16-13-5-2-1-4-12(13)14(21)18-15(22)20-10-8-19(9-11-20)7-3-6-17/h1-2,4-5H,3,7-11H2,(H,18,21,22). The summed E-state index contributed by atoms with van der Waals surface area (Å²) in [5.41, 5.74) is 0.637. The van der Waals surface area contributed by atoms with Gasteiger partial charge in [0.15, 0.2) is 5.11 Å². The summed E-state index contributed by atoms with van der Waals surface area (Å²) < 4.78 is 0.904. The molecule has 1 aromatic carbocycles. The quantitative estimate of drug-likeness (QED) is 0.588. The maximum absolute atomic E-state index is 12.2. The number of carbonyl (C=O) groups is 1. The second-order valence-corrected chi connectivity index (χ2v) is 6.52. The SMILES string of the molecule is N#CCCN1CCN(C(=S)NC(=O)c2ccccc2I)CC1. The Kier molecular flexibility index (Phi) is 6.54. The molecule has 0 aromatic heterocycles. The van der Waals surface area contributed by atoms with Gasteiger partial charge in [-0.05, 0) is 46.9 Å². The number of nitriles is 1. The summed E-state index contributed by atoms with van der Waals surface area (Å²) in [5.74, 6) is -0.165. The van der Waals surface area contributed by atoms with Crippen LogP contribution in [0.5, 0.6) is 0 Å². The van der Waals surface area contributed by atoms with Crippen molar-refractivity contribution in [3.63, 3.8) is 0 Å². The number of nitrogens with one attached hydrogen (secondary N) is 1. The van der Waals surface area contributed by atoms with Gasteiger partial charge in [0.05, 0.1) is 11.6 Å². The zero-order valence-corrected chi connectivity index (χ0v) is 15.1. The molecular weight excluding hydrogens is 411 g/mol. The fourth-order valence-electron chi connectivity index (χ4n) is 2.27. The average Bonchev–Trinajstić information content (AvgIpc) is 2.53. The molecular formula is C15H17IN4OS. The van der Waals surface area contributed by atoms with Crippen molar-refractivity contribution in [3.05, 3.63) is 33.4 Å². The van der Waals surface area contributed by atoms with Crippen molar-refractivity contribution < 1.29 is 4.79 Å². The van der Waals surface area contributed by atoms with Gasteiger partial charge in [-0.1, -0.05) is 12.1 Å². The number of hydrogen-bond acceptors (Lipinski definition) is 4. The first-order valence-corrected chi connectivity index (χ1v) is 8.54. The number of piperazine rings is 1. The highest BCUT2D eigenvalue weighted by atomic mass is 127. The molecule has 116 valence electrons. The molecule has 1 aliphatic rings. The van der Waals surface area contributed by atoms with Crippen molar-refractivity contribution in [1.29, 1.82) is 5.26 Å². The van der Waals surface area contributed by atoms with Crippen LogP contribution in [-0.4, -0.2) is 53.5 Å². The minimum Gasteiger partial charge on any atom is -0.346 e. The van der Waals surface area contributed by atoms with Crippen LogP contribution < -0.4 is 5.32 Å². The molecule has 0 bridgehead atoms. The number of halogens is 1. The smallest absolute Gasteiger partial charge is 0.258 e. The van der Waals surface area contributed by atoms with Gasteiger partial charge in [0.25, 0.3) is 5.91 Å². The molecule has 0 aliphatic carbocycles. The summed E-state index contributed by atoms with van der Waals surface area (Å²) in [6, 6.07) is 9.59. The molecule has 1 saturated heterocycles. The molecule has 1 amide bonds. The molecule has 0 atom stereocenters. The largest absolute Gasteiger partial charge is 0.346 e. The van der Waals surface area contributed by atoms with Gasteiger partial charge in [-0.2, -0.15) is 5.26 Å². The number of thiocarbonyl (C=S) groups is 1. The first-order valence-electron chi connectivity index (χ1n) is 7.06. The van der Waals surface area contributed by atoms with Gasteiger partial charge in [0.2, 0.25) is 0 Å². The van der Waals surface area contributed by atoms with E-state index in [4.69, 9.17) is 17.5 Å². The van der Waals surface area contributed by atoms with Crippen molar-refractivity contribution in [2.24, 2.45) is 0 Å². The Morgan fingerprint density at radius 3 is 2.64 bits per heavy atom. The van der Waals surface area contributed by atoms with Crippen LogP contribution in [0.2, 0.25) is 0 Å². The predicted octanol–water partition coefficient (Wildman–Crippen LogP) is 1.84. The van der Waals surface area contributed by atoms with Crippen molar-refractivity contribution in [1.82, 2.24) is 15.1 Å². The van der Waals surface area contributed by atoms with Gasteiger partial charge in [-0.25, -0.2) is 0 Å². The Bertz CT molecular complexity index is 593. The Labute approximate surface area is 149 Å². The van der Waals surface area contributed by atoms with E-state index >= 15 is 0 Å². The lowest BCUT2D eigenvalue weighted by Crippen LogP contribution is -2.52. The summed E-state index contributed by atoms with van der Waals surface area (Å²) in [5, 5.41) is 11.9. The third-order valence-corrected chi connectivity index (χ3v) is 4.84.